The minimum Gasteiger partial charge on any atom is -0.481 e. The third-order valence-corrected chi connectivity index (χ3v) is 6.31. The highest BCUT2D eigenvalue weighted by atomic mass is 32.2. The third-order valence-electron chi connectivity index (χ3n) is 5.09. The molecule has 2 aliphatic rings. The van der Waals surface area contributed by atoms with Gasteiger partial charge in [-0.1, -0.05) is 0 Å². The summed E-state index contributed by atoms with van der Waals surface area (Å²) in [5.74, 6) is -1.49. The standard InChI is InChI=1S/C14H25N3O5S/c1-10(2)15(3)7-12(18)16-5-11-6-17(23(4,21)22)9-14(11,8-16)13(19)20/h10-11H,5-9H2,1-4H3,(H,19,20)/t11-,14-/m1/s1. The molecule has 0 saturated carbocycles. The molecule has 2 rings (SSSR count). The van der Waals surface area contributed by atoms with Crippen LogP contribution in [0.5, 0.6) is 0 Å². The maximum Gasteiger partial charge on any atom is 0.313 e. The molecule has 0 radical (unpaired) electrons. The van der Waals surface area contributed by atoms with Crippen molar-refractivity contribution >= 4 is 21.9 Å². The quantitative estimate of drug-likeness (QED) is 0.694. The number of fused-ring (bicyclic) bond motifs is 1. The number of sulfonamides is 1. The van der Waals surface area contributed by atoms with E-state index in [2.05, 4.69) is 0 Å². The van der Waals surface area contributed by atoms with Gasteiger partial charge in [0.15, 0.2) is 0 Å². The zero-order valence-corrected chi connectivity index (χ0v) is 14.8. The summed E-state index contributed by atoms with van der Waals surface area (Å²) in [7, 11) is -1.58. The van der Waals surface area contributed by atoms with Gasteiger partial charge in [0, 0.05) is 38.1 Å². The molecular weight excluding hydrogens is 322 g/mol. The Kier molecular flexibility index (Phi) is 4.76. The van der Waals surface area contributed by atoms with Crippen LogP contribution in [0.15, 0.2) is 0 Å². The van der Waals surface area contributed by atoms with Crippen molar-refractivity contribution in [3.8, 4) is 0 Å². The molecule has 9 heteroatoms. The van der Waals surface area contributed by atoms with E-state index in [-0.39, 0.29) is 44.0 Å². The van der Waals surface area contributed by atoms with Crippen molar-refractivity contribution < 1.29 is 23.1 Å². The summed E-state index contributed by atoms with van der Waals surface area (Å²) in [6, 6.07) is 0.218. The van der Waals surface area contributed by atoms with Crippen molar-refractivity contribution in [3.63, 3.8) is 0 Å². The van der Waals surface area contributed by atoms with Crippen LogP contribution in [0, 0.1) is 11.3 Å². The maximum atomic E-state index is 12.4. The monoisotopic (exact) mass is 347 g/mol. The van der Waals surface area contributed by atoms with E-state index in [0.29, 0.717) is 6.54 Å². The number of likely N-dealkylation sites (N-methyl/N-ethyl adjacent to an activating group) is 1. The average Bonchev–Trinajstić information content (AvgIpc) is 2.92. The third kappa shape index (κ3) is 3.36. The Balaban J connectivity index is 2.13. The summed E-state index contributed by atoms with van der Waals surface area (Å²) in [4.78, 5) is 27.7. The summed E-state index contributed by atoms with van der Waals surface area (Å²) in [5, 5.41) is 9.66. The molecule has 2 saturated heterocycles. The van der Waals surface area contributed by atoms with Gasteiger partial charge in [-0.2, -0.15) is 0 Å². The average molecular weight is 347 g/mol. The van der Waals surface area contributed by atoms with Crippen molar-refractivity contribution in [2.75, 3.05) is 46.0 Å². The number of rotatable bonds is 5. The predicted octanol–water partition coefficient (Wildman–Crippen LogP) is -0.869. The number of hydrogen-bond acceptors (Lipinski definition) is 5. The number of carbonyl (C=O) groups is 2. The van der Waals surface area contributed by atoms with E-state index in [4.69, 9.17) is 0 Å². The van der Waals surface area contributed by atoms with Crippen LogP contribution < -0.4 is 0 Å². The lowest BCUT2D eigenvalue weighted by Crippen LogP contribution is -2.45. The van der Waals surface area contributed by atoms with Crippen molar-refractivity contribution in [3.05, 3.63) is 0 Å². The molecular formula is C14H25N3O5S. The Labute approximate surface area is 137 Å². The van der Waals surface area contributed by atoms with Gasteiger partial charge >= 0.3 is 5.97 Å². The van der Waals surface area contributed by atoms with E-state index in [9.17, 15) is 23.1 Å². The highest BCUT2D eigenvalue weighted by Gasteiger charge is 2.59. The Bertz CT molecular complexity index is 606. The summed E-state index contributed by atoms with van der Waals surface area (Å²) in [6.07, 6.45) is 1.09. The number of hydrogen-bond donors (Lipinski definition) is 1. The first kappa shape index (κ1) is 18.2. The number of amides is 1. The van der Waals surface area contributed by atoms with Crippen LogP contribution in [-0.2, 0) is 19.6 Å². The molecule has 0 aromatic rings. The molecule has 2 fully saturated rings. The van der Waals surface area contributed by atoms with Gasteiger partial charge < -0.3 is 10.0 Å². The summed E-state index contributed by atoms with van der Waals surface area (Å²) in [5.41, 5.74) is -1.19. The van der Waals surface area contributed by atoms with Gasteiger partial charge in [0.1, 0.15) is 5.41 Å². The lowest BCUT2D eigenvalue weighted by atomic mass is 9.81. The molecule has 0 unspecified atom stereocenters. The lowest BCUT2D eigenvalue weighted by molar-refractivity contribution is -0.149. The van der Waals surface area contributed by atoms with Crippen LogP contribution in [0.1, 0.15) is 13.8 Å². The molecule has 0 aliphatic carbocycles. The van der Waals surface area contributed by atoms with Crippen LogP contribution in [-0.4, -0.2) is 91.6 Å². The second-order valence-corrected chi connectivity index (χ2v) is 8.98. The van der Waals surface area contributed by atoms with Crippen molar-refractivity contribution in [2.24, 2.45) is 11.3 Å². The van der Waals surface area contributed by atoms with Crippen LogP contribution in [0.4, 0.5) is 0 Å². The first-order valence-corrected chi connectivity index (χ1v) is 9.49. The van der Waals surface area contributed by atoms with Crippen LogP contribution in [0.3, 0.4) is 0 Å². The van der Waals surface area contributed by atoms with Crippen LogP contribution in [0.2, 0.25) is 0 Å². The molecule has 0 aromatic carbocycles. The van der Waals surface area contributed by atoms with Gasteiger partial charge in [-0.15, -0.1) is 0 Å². The van der Waals surface area contributed by atoms with Gasteiger partial charge in [-0.25, -0.2) is 12.7 Å². The molecule has 132 valence electrons. The Morgan fingerprint density at radius 2 is 1.91 bits per heavy atom. The summed E-state index contributed by atoms with van der Waals surface area (Å²) < 4.78 is 24.6. The topological polar surface area (TPSA) is 98.2 Å². The largest absolute Gasteiger partial charge is 0.481 e. The molecule has 0 aromatic heterocycles. The van der Waals surface area contributed by atoms with E-state index in [1.807, 2.05) is 25.8 Å². The molecule has 2 heterocycles. The Morgan fingerprint density at radius 1 is 1.30 bits per heavy atom. The molecule has 0 bridgehead atoms. The van der Waals surface area contributed by atoms with E-state index in [0.717, 1.165) is 6.26 Å². The van der Waals surface area contributed by atoms with Gasteiger partial charge in [0.25, 0.3) is 0 Å². The van der Waals surface area contributed by atoms with Gasteiger partial charge in [0.05, 0.1) is 12.8 Å². The molecule has 2 atom stereocenters. The smallest absolute Gasteiger partial charge is 0.313 e. The molecule has 1 N–H and O–H groups in total. The van der Waals surface area contributed by atoms with Crippen LogP contribution >= 0.6 is 0 Å². The number of carbonyl (C=O) groups excluding carboxylic acids is 1. The molecule has 8 nitrogen and oxygen atoms in total. The number of aliphatic carboxylic acids is 1. The molecule has 0 spiro atoms. The maximum absolute atomic E-state index is 12.4. The number of carboxylic acids is 1. The zero-order valence-electron chi connectivity index (χ0n) is 14.0. The van der Waals surface area contributed by atoms with Gasteiger partial charge in [0.2, 0.25) is 15.9 Å². The van der Waals surface area contributed by atoms with Crippen molar-refractivity contribution in [1.29, 1.82) is 0 Å². The van der Waals surface area contributed by atoms with E-state index < -0.39 is 21.4 Å². The van der Waals surface area contributed by atoms with Crippen LogP contribution in [0.25, 0.3) is 0 Å². The summed E-state index contributed by atoms with van der Waals surface area (Å²) >= 11 is 0. The fourth-order valence-electron chi connectivity index (χ4n) is 3.26. The van der Waals surface area contributed by atoms with E-state index in [1.165, 1.54) is 4.31 Å². The highest BCUT2D eigenvalue weighted by molar-refractivity contribution is 7.88. The van der Waals surface area contributed by atoms with Gasteiger partial charge in [-0.05, 0) is 20.9 Å². The number of nitrogens with zero attached hydrogens (tertiary/aromatic N) is 3. The lowest BCUT2D eigenvalue weighted by Gasteiger charge is -2.27. The minimum absolute atomic E-state index is 0.0599. The number of likely N-dealkylation sites (tertiary alicyclic amines) is 1. The molecule has 23 heavy (non-hydrogen) atoms. The second-order valence-electron chi connectivity index (χ2n) is 7.00. The van der Waals surface area contributed by atoms with Crippen molar-refractivity contribution in [2.45, 2.75) is 19.9 Å². The van der Waals surface area contributed by atoms with E-state index in [1.54, 1.807) is 4.90 Å². The first-order chi connectivity index (χ1) is 10.5. The Morgan fingerprint density at radius 3 is 2.35 bits per heavy atom. The molecule has 1 amide bonds. The fraction of sp³-hybridized carbons (Fsp3) is 0.857. The Hall–Kier alpha value is -1.19. The van der Waals surface area contributed by atoms with Gasteiger partial charge in [-0.3, -0.25) is 14.5 Å². The zero-order chi connectivity index (χ0) is 17.6. The highest BCUT2D eigenvalue weighted by Crippen LogP contribution is 2.43. The van der Waals surface area contributed by atoms with Crippen molar-refractivity contribution in [1.82, 2.24) is 14.1 Å². The predicted molar refractivity (Wildman–Crippen MR) is 84.3 cm³/mol. The van der Waals surface area contributed by atoms with E-state index >= 15 is 0 Å². The number of carboxylic acid groups (broad SMARTS) is 1. The SMILES string of the molecule is CC(C)N(C)CC(=O)N1C[C@@H]2CN(S(C)(=O)=O)C[C@]2(C(=O)O)C1. The summed E-state index contributed by atoms with van der Waals surface area (Å²) in [6.45, 7) is 4.66. The first-order valence-electron chi connectivity index (χ1n) is 7.64. The second kappa shape index (κ2) is 6.03. The molecule has 2 aliphatic heterocycles. The fourth-order valence-corrected chi connectivity index (χ4v) is 4.18. The minimum atomic E-state index is -3.43. The normalized spacial score (nSPS) is 28.6.